The molecule has 2 saturated carbocycles. The molecule has 160 valence electrons. The van der Waals surface area contributed by atoms with Crippen LogP contribution in [0.3, 0.4) is 0 Å². The van der Waals surface area contributed by atoms with Crippen molar-refractivity contribution < 1.29 is 23.1 Å². The molecule has 0 aromatic heterocycles. The number of halogens is 2. The van der Waals surface area contributed by atoms with Crippen LogP contribution in [0.1, 0.15) is 45.4 Å². The third-order valence-electron chi connectivity index (χ3n) is 6.64. The molecule has 29 heavy (non-hydrogen) atoms. The lowest BCUT2D eigenvalue weighted by molar-refractivity contribution is -0.125. The van der Waals surface area contributed by atoms with Gasteiger partial charge in [-0.05, 0) is 32.6 Å². The van der Waals surface area contributed by atoms with E-state index in [0.717, 1.165) is 6.42 Å². The molecule has 0 radical (unpaired) electrons. The van der Waals surface area contributed by atoms with Crippen molar-refractivity contribution in [3.05, 3.63) is 11.6 Å². The number of fused-ring (bicyclic) bond motifs is 1. The zero-order valence-corrected chi connectivity index (χ0v) is 16.9. The number of amides is 2. The van der Waals surface area contributed by atoms with E-state index in [0.29, 0.717) is 24.8 Å². The average molecular weight is 409 g/mol. The van der Waals surface area contributed by atoms with E-state index in [1.165, 1.54) is 0 Å². The Balaban J connectivity index is 1.64. The van der Waals surface area contributed by atoms with Gasteiger partial charge in [0, 0.05) is 43.0 Å². The second kappa shape index (κ2) is 9.21. The van der Waals surface area contributed by atoms with Crippen LogP contribution < -0.4 is 10.6 Å². The topological polar surface area (TPSA) is 91.2 Å². The highest BCUT2D eigenvalue weighted by atomic mass is 19.1. The maximum Gasteiger partial charge on any atom is 0.247 e. The van der Waals surface area contributed by atoms with Gasteiger partial charge in [-0.1, -0.05) is 6.08 Å². The fraction of sp³-hybridized carbons (Fsp3) is 0.762. The quantitative estimate of drug-likeness (QED) is 0.729. The predicted octanol–water partition coefficient (Wildman–Crippen LogP) is 2.35. The van der Waals surface area contributed by atoms with Crippen molar-refractivity contribution in [1.82, 2.24) is 10.6 Å². The summed E-state index contributed by atoms with van der Waals surface area (Å²) in [5.74, 6) is -1.69. The Morgan fingerprint density at radius 3 is 2.79 bits per heavy atom. The minimum atomic E-state index is -1.28. The molecule has 2 amide bonds. The minimum absolute atomic E-state index is 0.127. The molecule has 2 N–H and O–H groups in total. The molecule has 0 spiro atoms. The molecule has 0 saturated heterocycles. The summed E-state index contributed by atoms with van der Waals surface area (Å²) in [5, 5.41) is 15.2. The van der Waals surface area contributed by atoms with Crippen molar-refractivity contribution >= 4 is 11.8 Å². The molecule has 0 aromatic carbocycles. The van der Waals surface area contributed by atoms with Gasteiger partial charge in [-0.2, -0.15) is 5.26 Å². The zero-order valence-electron chi connectivity index (χ0n) is 16.9. The van der Waals surface area contributed by atoms with Gasteiger partial charge in [-0.25, -0.2) is 8.78 Å². The molecule has 0 bridgehead atoms. The van der Waals surface area contributed by atoms with E-state index in [-0.39, 0.29) is 48.6 Å². The Labute approximate surface area is 170 Å². The number of nitrogens with zero attached hydrogens (tertiary/aromatic N) is 1. The summed E-state index contributed by atoms with van der Waals surface area (Å²) in [4.78, 5) is 24.9. The van der Waals surface area contributed by atoms with Crippen LogP contribution in [0, 0.1) is 29.1 Å². The van der Waals surface area contributed by atoms with Gasteiger partial charge >= 0.3 is 0 Å². The van der Waals surface area contributed by atoms with Crippen LogP contribution in [0.15, 0.2) is 11.6 Å². The van der Waals surface area contributed by atoms with Crippen LogP contribution in [0.5, 0.6) is 0 Å². The van der Waals surface area contributed by atoms with Gasteiger partial charge in [0.05, 0.1) is 24.5 Å². The molecule has 0 aromatic rings. The largest absolute Gasteiger partial charge is 0.380 e. The first-order chi connectivity index (χ1) is 13.8. The Kier molecular flexibility index (Phi) is 6.89. The van der Waals surface area contributed by atoms with E-state index in [4.69, 9.17) is 4.74 Å². The highest BCUT2D eigenvalue weighted by Gasteiger charge is 2.42. The first-order valence-corrected chi connectivity index (χ1v) is 10.4. The second-order valence-electron chi connectivity index (χ2n) is 8.48. The highest BCUT2D eigenvalue weighted by molar-refractivity contribution is 5.99. The number of hydrogen-bond acceptors (Lipinski definition) is 4. The van der Waals surface area contributed by atoms with Crippen LogP contribution in [0.4, 0.5) is 8.78 Å². The van der Waals surface area contributed by atoms with Gasteiger partial charge in [-0.15, -0.1) is 0 Å². The van der Waals surface area contributed by atoms with Crippen molar-refractivity contribution in [3.63, 3.8) is 0 Å². The lowest BCUT2D eigenvalue weighted by atomic mass is 9.72. The monoisotopic (exact) mass is 409 g/mol. The molecule has 2 fully saturated rings. The van der Waals surface area contributed by atoms with Gasteiger partial charge < -0.3 is 15.4 Å². The predicted molar refractivity (Wildman–Crippen MR) is 102 cm³/mol. The van der Waals surface area contributed by atoms with E-state index < -0.39 is 24.3 Å². The molecule has 7 unspecified atom stereocenters. The second-order valence-corrected chi connectivity index (χ2v) is 8.48. The summed E-state index contributed by atoms with van der Waals surface area (Å²) in [7, 11) is 1.57. The number of carbonyl (C=O) groups excluding carboxylic acids is 2. The van der Waals surface area contributed by atoms with Gasteiger partial charge in [0.1, 0.15) is 12.3 Å². The minimum Gasteiger partial charge on any atom is -0.380 e. The first-order valence-electron chi connectivity index (χ1n) is 10.4. The molecule has 3 rings (SSSR count). The average Bonchev–Trinajstić information content (AvgIpc) is 2.67. The normalized spacial score (nSPS) is 38.1. The molecule has 3 aliphatic rings. The van der Waals surface area contributed by atoms with Gasteiger partial charge in [0.2, 0.25) is 11.8 Å². The van der Waals surface area contributed by atoms with Crippen molar-refractivity contribution in [2.45, 2.75) is 76.0 Å². The molecule has 6 nitrogen and oxygen atoms in total. The third-order valence-corrected chi connectivity index (χ3v) is 6.64. The van der Waals surface area contributed by atoms with Gasteiger partial charge in [0.15, 0.2) is 0 Å². The Morgan fingerprint density at radius 1 is 1.38 bits per heavy atom. The van der Waals surface area contributed by atoms with E-state index in [9.17, 15) is 23.6 Å². The fourth-order valence-electron chi connectivity index (χ4n) is 4.98. The Hall–Kier alpha value is -2.01. The SMILES string of the molecule is COC1CCC2NC(=O)C(CC(=O)N[C@@H](C)C3CCC(F)CC3F)=CC2C1C#N. The lowest BCUT2D eigenvalue weighted by Crippen LogP contribution is -2.52. The fourth-order valence-corrected chi connectivity index (χ4v) is 4.98. The first kappa shape index (κ1) is 21.7. The number of methoxy groups -OCH3 is 1. The number of nitriles is 1. The van der Waals surface area contributed by atoms with Crippen molar-refractivity contribution in [2.75, 3.05) is 7.11 Å². The summed E-state index contributed by atoms with van der Waals surface area (Å²) in [6.07, 6.45) is 0.982. The van der Waals surface area contributed by atoms with Crippen molar-refractivity contribution in [2.24, 2.45) is 17.8 Å². The number of hydrogen-bond donors (Lipinski definition) is 2. The molecule has 1 heterocycles. The summed E-state index contributed by atoms with van der Waals surface area (Å²) in [6.45, 7) is 1.72. The highest BCUT2D eigenvalue weighted by Crippen LogP contribution is 2.36. The Bertz CT molecular complexity index is 708. The maximum absolute atomic E-state index is 14.1. The number of rotatable bonds is 5. The number of carbonyl (C=O) groups is 2. The van der Waals surface area contributed by atoms with Crippen LogP contribution in [-0.2, 0) is 14.3 Å². The van der Waals surface area contributed by atoms with Crippen molar-refractivity contribution in [1.29, 1.82) is 5.26 Å². The summed E-state index contributed by atoms with van der Waals surface area (Å²) < 4.78 is 32.9. The molecule has 8 atom stereocenters. The Morgan fingerprint density at radius 2 is 2.14 bits per heavy atom. The zero-order chi connectivity index (χ0) is 21.1. The van der Waals surface area contributed by atoms with Crippen molar-refractivity contribution in [3.8, 4) is 6.07 Å². The van der Waals surface area contributed by atoms with E-state index in [1.54, 1.807) is 20.1 Å². The summed E-state index contributed by atoms with van der Waals surface area (Å²) in [5.41, 5.74) is 0.317. The van der Waals surface area contributed by atoms with Crippen LogP contribution in [-0.4, -0.2) is 49.5 Å². The lowest BCUT2D eigenvalue weighted by Gasteiger charge is -2.41. The van der Waals surface area contributed by atoms with E-state index >= 15 is 0 Å². The van der Waals surface area contributed by atoms with Crippen LogP contribution in [0.2, 0.25) is 0 Å². The number of nitrogens with one attached hydrogen (secondary N) is 2. The molecule has 1 aliphatic heterocycles. The summed E-state index contributed by atoms with van der Waals surface area (Å²) in [6, 6.07) is 1.71. The smallest absolute Gasteiger partial charge is 0.247 e. The third kappa shape index (κ3) is 4.77. The standard InChI is InChI=1S/C21H29F2N3O3/c1-11(14-4-3-13(22)9-17(14)23)25-20(27)8-12-7-15-16(10-24)19(29-2)6-5-18(15)26-21(12)28/h7,11,13-19H,3-6,8-9H2,1-2H3,(H,25,27)(H,26,28)/t11-,13?,14?,15?,16?,17?,18?,19?/m0/s1. The summed E-state index contributed by atoms with van der Waals surface area (Å²) >= 11 is 0. The molecule has 2 aliphatic carbocycles. The van der Waals surface area contributed by atoms with E-state index in [2.05, 4.69) is 16.7 Å². The van der Waals surface area contributed by atoms with Gasteiger partial charge in [-0.3, -0.25) is 9.59 Å². The van der Waals surface area contributed by atoms with Crippen LogP contribution >= 0.6 is 0 Å². The molecular formula is C21H29F2N3O3. The molecule has 8 heteroatoms. The number of alkyl halides is 2. The van der Waals surface area contributed by atoms with Gasteiger partial charge in [0.25, 0.3) is 0 Å². The van der Waals surface area contributed by atoms with Crippen LogP contribution in [0.25, 0.3) is 0 Å². The maximum atomic E-state index is 14.1. The van der Waals surface area contributed by atoms with E-state index in [1.807, 2.05) is 0 Å². The molecular weight excluding hydrogens is 380 g/mol. The number of ether oxygens (including phenoxy) is 1.